The van der Waals surface area contributed by atoms with E-state index in [9.17, 15) is 4.79 Å². The number of hydrogen-bond acceptors (Lipinski definition) is 2. The topological polar surface area (TPSA) is 46.9 Å². The smallest absolute Gasteiger partial charge is 0.249 e. The van der Waals surface area contributed by atoms with Gasteiger partial charge < -0.3 is 5.32 Å². The third-order valence-electron chi connectivity index (χ3n) is 4.17. The molecule has 122 valence electrons. The average Bonchev–Trinajstić information content (AvgIpc) is 3.07. The molecule has 1 heterocycles. The van der Waals surface area contributed by atoms with Gasteiger partial charge in [0.2, 0.25) is 5.91 Å². The number of amides is 1. The molecule has 0 bridgehead atoms. The maximum Gasteiger partial charge on any atom is 0.249 e. The second-order valence-corrected chi connectivity index (χ2v) is 5.81. The predicted octanol–water partition coefficient (Wildman–Crippen LogP) is 4.66. The molecule has 3 aromatic rings. The van der Waals surface area contributed by atoms with Crippen LogP contribution in [0, 0.1) is 0 Å². The van der Waals surface area contributed by atoms with Crippen molar-refractivity contribution in [3.05, 3.63) is 66.4 Å². The average molecular weight is 319 g/mol. The number of anilines is 1. The van der Waals surface area contributed by atoms with E-state index in [0.29, 0.717) is 0 Å². The van der Waals surface area contributed by atoms with Crippen LogP contribution < -0.4 is 5.32 Å². The lowest BCUT2D eigenvalue weighted by molar-refractivity contribution is -0.111. The van der Waals surface area contributed by atoms with Gasteiger partial charge in [0.25, 0.3) is 0 Å². The molecule has 4 heteroatoms. The SMILES string of the molecule is CCC(C)n1nccc1NC(=O)/C=C/c1cccc2ccccc12. The zero-order valence-corrected chi connectivity index (χ0v) is 13.9. The second-order valence-electron chi connectivity index (χ2n) is 5.81. The third-order valence-corrected chi connectivity index (χ3v) is 4.17. The molecule has 0 aliphatic carbocycles. The van der Waals surface area contributed by atoms with Gasteiger partial charge in [-0.1, -0.05) is 49.4 Å². The number of rotatable bonds is 5. The van der Waals surface area contributed by atoms with E-state index in [4.69, 9.17) is 0 Å². The summed E-state index contributed by atoms with van der Waals surface area (Å²) in [4.78, 5) is 12.2. The molecule has 0 fully saturated rings. The first-order valence-electron chi connectivity index (χ1n) is 8.19. The van der Waals surface area contributed by atoms with Crippen LogP contribution in [0.4, 0.5) is 5.82 Å². The molecule has 4 nitrogen and oxygen atoms in total. The Hall–Kier alpha value is -2.88. The van der Waals surface area contributed by atoms with E-state index in [1.807, 2.05) is 41.1 Å². The van der Waals surface area contributed by atoms with Crippen molar-refractivity contribution in [1.82, 2.24) is 9.78 Å². The molecule has 1 N–H and O–H groups in total. The maximum absolute atomic E-state index is 12.2. The minimum atomic E-state index is -0.159. The number of fused-ring (bicyclic) bond motifs is 1. The van der Waals surface area contributed by atoms with Crippen LogP contribution in [0.5, 0.6) is 0 Å². The van der Waals surface area contributed by atoms with Crippen molar-refractivity contribution < 1.29 is 4.79 Å². The van der Waals surface area contributed by atoms with Crippen molar-refractivity contribution in [2.75, 3.05) is 5.32 Å². The minimum absolute atomic E-state index is 0.159. The van der Waals surface area contributed by atoms with Gasteiger partial charge in [-0.2, -0.15) is 5.10 Å². The number of carbonyl (C=O) groups excluding carboxylic acids is 1. The number of benzene rings is 2. The Bertz CT molecular complexity index is 874. The highest BCUT2D eigenvalue weighted by Crippen LogP contribution is 2.20. The fourth-order valence-electron chi connectivity index (χ4n) is 2.67. The van der Waals surface area contributed by atoms with Gasteiger partial charge in [0, 0.05) is 12.1 Å². The highest BCUT2D eigenvalue weighted by molar-refractivity contribution is 6.03. The fraction of sp³-hybridized carbons (Fsp3) is 0.200. The van der Waals surface area contributed by atoms with E-state index in [2.05, 4.69) is 42.5 Å². The summed E-state index contributed by atoms with van der Waals surface area (Å²) < 4.78 is 1.84. The van der Waals surface area contributed by atoms with Crippen LogP contribution >= 0.6 is 0 Å². The molecule has 3 rings (SSSR count). The van der Waals surface area contributed by atoms with Crippen LogP contribution in [-0.2, 0) is 4.79 Å². The van der Waals surface area contributed by atoms with Crippen LogP contribution in [0.15, 0.2) is 60.8 Å². The third kappa shape index (κ3) is 3.38. The molecule has 0 saturated carbocycles. The van der Waals surface area contributed by atoms with Gasteiger partial charge in [-0.25, -0.2) is 4.68 Å². The normalized spacial score (nSPS) is 12.6. The van der Waals surface area contributed by atoms with Crippen molar-refractivity contribution in [1.29, 1.82) is 0 Å². The van der Waals surface area contributed by atoms with E-state index in [1.54, 1.807) is 12.3 Å². The van der Waals surface area contributed by atoms with Crippen molar-refractivity contribution >= 4 is 28.6 Å². The Labute approximate surface area is 141 Å². The molecule has 0 spiro atoms. The molecule has 0 aliphatic heterocycles. The minimum Gasteiger partial charge on any atom is -0.307 e. The number of aromatic nitrogens is 2. The first kappa shape index (κ1) is 16.0. The second kappa shape index (κ2) is 7.13. The van der Waals surface area contributed by atoms with Crippen molar-refractivity contribution in [3.63, 3.8) is 0 Å². The highest BCUT2D eigenvalue weighted by Gasteiger charge is 2.09. The van der Waals surface area contributed by atoms with Crippen molar-refractivity contribution in [3.8, 4) is 0 Å². The van der Waals surface area contributed by atoms with E-state index in [-0.39, 0.29) is 11.9 Å². The predicted molar refractivity (Wildman–Crippen MR) is 98.8 cm³/mol. The number of carbonyl (C=O) groups is 1. The lowest BCUT2D eigenvalue weighted by Crippen LogP contribution is -2.15. The Morgan fingerprint density at radius 1 is 1.21 bits per heavy atom. The van der Waals surface area contributed by atoms with Crippen LogP contribution in [0.1, 0.15) is 31.9 Å². The molecule has 0 aliphatic rings. The molecular weight excluding hydrogens is 298 g/mol. The van der Waals surface area contributed by atoms with Gasteiger partial charge in [0.15, 0.2) is 0 Å². The fourth-order valence-corrected chi connectivity index (χ4v) is 2.67. The first-order chi connectivity index (χ1) is 11.7. The first-order valence-corrected chi connectivity index (χ1v) is 8.19. The van der Waals surface area contributed by atoms with Gasteiger partial charge in [-0.05, 0) is 35.8 Å². The Balaban J connectivity index is 1.77. The van der Waals surface area contributed by atoms with Crippen LogP contribution in [0.2, 0.25) is 0 Å². The van der Waals surface area contributed by atoms with Crippen LogP contribution in [-0.4, -0.2) is 15.7 Å². The highest BCUT2D eigenvalue weighted by atomic mass is 16.1. The summed E-state index contributed by atoms with van der Waals surface area (Å²) in [6, 6.07) is 16.3. The Morgan fingerprint density at radius 2 is 2.00 bits per heavy atom. The lowest BCUT2D eigenvalue weighted by Gasteiger charge is -2.13. The van der Waals surface area contributed by atoms with E-state index in [1.165, 1.54) is 0 Å². The molecule has 1 amide bonds. The Morgan fingerprint density at radius 3 is 2.83 bits per heavy atom. The zero-order valence-electron chi connectivity index (χ0n) is 13.9. The number of nitrogens with zero attached hydrogens (tertiary/aromatic N) is 2. The summed E-state index contributed by atoms with van der Waals surface area (Å²) in [6.07, 6.45) is 6.07. The van der Waals surface area contributed by atoms with E-state index < -0.39 is 0 Å². The summed E-state index contributed by atoms with van der Waals surface area (Å²) >= 11 is 0. The van der Waals surface area contributed by atoms with Gasteiger partial charge >= 0.3 is 0 Å². The van der Waals surface area contributed by atoms with Gasteiger partial charge in [-0.15, -0.1) is 0 Å². The maximum atomic E-state index is 12.2. The largest absolute Gasteiger partial charge is 0.307 e. The summed E-state index contributed by atoms with van der Waals surface area (Å²) in [5, 5.41) is 9.47. The van der Waals surface area contributed by atoms with Crippen LogP contribution in [0.25, 0.3) is 16.8 Å². The van der Waals surface area contributed by atoms with Gasteiger partial charge in [0.05, 0.1) is 12.2 Å². The van der Waals surface area contributed by atoms with Crippen molar-refractivity contribution in [2.45, 2.75) is 26.3 Å². The lowest BCUT2D eigenvalue weighted by atomic mass is 10.0. The summed E-state index contributed by atoms with van der Waals surface area (Å²) in [6.45, 7) is 4.17. The molecule has 1 atom stereocenters. The zero-order chi connectivity index (χ0) is 16.9. The van der Waals surface area contributed by atoms with Gasteiger partial charge in [0.1, 0.15) is 5.82 Å². The number of nitrogens with one attached hydrogen (secondary N) is 1. The molecule has 1 aromatic heterocycles. The molecular formula is C20H21N3O. The standard InChI is InChI=1S/C20H21N3O/c1-3-15(2)23-19(13-14-21-23)22-20(24)12-11-17-9-6-8-16-7-4-5-10-18(16)17/h4-15H,3H2,1-2H3,(H,22,24)/b12-11+. The molecule has 0 radical (unpaired) electrons. The van der Waals surface area contributed by atoms with Crippen LogP contribution in [0.3, 0.4) is 0 Å². The molecule has 0 saturated heterocycles. The van der Waals surface area contributed by atoms with E-state index in [0.717, 1.165) is 28.6 Å². The monoisotopic (exact) mass is 319 g/mol. The molecule has 2 aromatic carbocycles. The molecule has 1 unspecified atom stereocenters. The van der Waals surface area contributed by atoms with E-state index >= 15 is 0 Å². The quantitative estimate of drug-likeness (QED) is 0.695. The van der Waals surface area contributed by atoms with Crippen molar-refractivity contribution in [2.24, 2.45) is 0 Å². The number of hydrogen-bond donors (Lipinski definition) is 1. The summed E-state index contributed by atoms with van der Waals surface area (Å²) in [5.74, 6) is 0.560. The Kier molecular flexibility index (Phi) is 4.75. The van der Waals surface area contributed by atoms with Gasteiger partial charge in [-0.3, -0.25) is 4.79 Å². The summed E-state index contributed by atoms with van der Waals surface area (Å²) in [7, 11) is 0. The molecule has 24 heavy (non-hydrogen) atoms. The summed E-state index contributed by atoms with van der Waals surface area (Å²) in [5.41, 5.74) is 1.03.